The first-order valence-corrected chi connectivity index (χ1v) is 14.9. The summed E-state index contributed by atoms with van der Waals surface area (Å²) in [6.07, 6.45) is 12.1. The van der Waals surface area contributed by atoms with Crippen molar-refractivity contribution in [2.75, 3.05) is 25.7 Å². The number of ether oxygens (including phenoxy) is 2. The Labute approximate surface area is 231 Å². The average molecular weight is 533 g/mol. The maximum atomic E-state index is 13.9. The van der Waals surface area contributed by atoms with Crippen LogP contribution >= 0.6 is 11.3 Å². The Morgan fingerprint density at radius 3 is 2.45 bits per heavy atom. The summed E-state index contributed by atoms with van der Waals surface area (Å²) >= 11 is 1.54. The van der Waals surface area contributed by atoms with E-state index >= 15 is 0 Å². The van der Waals surface area contributed by atoms with Crippen molar-refractivity contribution in [1.29, 1.82) is 0 Å². The van der Waals surface area contributed by atoms with Gasteiger partial charge in [0, 0.05) is 24.3 Å². The maximum absolute atomic E-state index is 13.9. The van der Waals surface area contributed by atoms with Gasteiger partial charge < -0.3 is 14.4 Å². The number of aromatic nitrogens is 1. The van der Waals surface area contributed by atoms with Gasteiger partial charge in [-0.1, -0.05) is 54.9 Å². The van der Waals surface area contributed by atoms with Crippen LogP contribution in [0, 0.1) is 18.8 Å². The Morgan fingerprint density at radius 2 is 1.76 bits per heavy atom. The van der Waals surface area contributed by atoms with Crippen molar-refractivity contribution in [2.24, 2.45) is 11.8 Å². The van der Waals surface area contributed by atoms with Crippen LogP contribution in [0.25, 0.3) is 10.4 Å². The molecule has 3 aromatic rings. The molecule has 0 atom stereocenters. The number of hydrogen-bond acceptors (Lipinski definition) is 5. The van der Waals surface area contributed by atoms with Crippen molar-refractivity contribution >= 4 is 22.9 Å². The van der Waals surface area contributed by atoms with Crippen molar-refractivity contribution in [3.8, 4) is 21.4 Å². The maximum Gasteiger partial charge on any atom is 0.273 e. The third-order valence-electron chi connectivity index (χ3n) is 8.50. The van der Waals surface area contributed by atoms with Gasteiger partial charge in [0.1, 0.15) is 5.75 Å². The highest BCUT2D eigenvalue weighted by molar-refractivity contribution is 7.16. The van der Waals surface area contributed by atoms with Crippen molar-refractivity contribution in [1.82, 2.24) is 4.98 Å². The molecule has 5 rings (SSSR count). The minimum atomic E-state index is 0.148. The summed E-state index contributed by atoms with van der Waals surface area (Å²) in [6.45, 7) is 2.93. The molecule has 0 N–H and O–H groups in total. The van der Waals surface area contributed by atoms with E-state index in [-0.39, 0.29) is 5.92 Å². The van der Waals surface area contributed by atoms with Gasteiger partial charge in [-0.3, -0.25) is 4.79 Å². The van der Waals surface area contributed by atoms with E-state index in [0.717, 1.165) is 66.9 Å². The van der Waals surface area contributed by atoms with Gasteiger partial charge in [0.15, 0.2) is 0 Å². The molecule has 0 saturated heterocycles. The van der Waals surface area contributed by atoms with Gasteiger partial charge in [0.2, 0.25) is 5.91 Å². The zero-order valence-electron chi connectivity index (χ0n) is 22.9. The Hall–Kier alpha value is -2.86. The van der Waals surface area contributed by atoms with Gasteiger partial charge >= 0.3 is 0 Å². The molecular weight excluding hydrogens is 492 g/mol. The molecule has 2 saturated carbocycles. The highest BCUT2D eigenvalue weighted by Gasteiger charge is 2.31. The highest BCUT2D eigenvalue weighted by Crippen LogP contribution is 2.39. The second kappa shape index (κ2) is 12.3. The topological polar surface area (TPSA) is 51.7 Å². The van der Waals surface area contributed by atoms with E-state index in [1.807, 2.05) is 6.20 Å². The molecule has 0 aliphatic heterocycles. The molecule has 2 aliphatic rings. The number of hydrogen-bond donors (Lipinski definition) is 0. The van der Waals surface area contributed by atoms with Crippen molar-refractivity contribution in [3.05, 3.63) is 59.8 Å². The largest absolute Gasteiger partial charge is 0.496 e. The fourth-order valence-corrected chi connectivity index (χ4v) is 7.02. The number of nitrogens with zero attached hydrogens (tertiary/aromatic N) is 2. The van der Waals surface area contributed by atoms with Crippen molar-refractivity contribution < 1.29 is 14.3 Å². The SMILES string of the molecule is COc1ncc(-c2cccc(N(CC3CCC(c4ccc(OC)c(C)c4)CC3)C(=O)C3CCCCC3)c2)s1. The first-order valence-electron chi connectivity index (χ1n) is 14.1. The van der Waals surface area contributed by atoms with Gasteiger partial charge in [-0.25, -0.2) is 4.98 Å². The molecule has 38 heavy (non-hydrogen) atoms. The second-order valence-corrected chi connectivity index (χ2v) is 12.0. The summed E-state index contributed by atoms with van der Waals surface area (Å²) in [5.74, 6) is 2.53. The van der Waals surface area contributed by atoms with E-state index in [1.165, 1.54) is 41.7 Å². The predicted molar refractivity (Wildman–Crippen MR) is 155 cm³/mol. The molecule has 0 spiro atoms. The van der Waals surface area contributed by atoms with E-state index in [1.54, 1.807) is 14.2 Å². The molecule has 2 fully saturated rings. The zero-order chi connectivity index (χ0) is 26.5. The summed E-state index contributed by atoms with van der Waals surface area (Å²) in [5, 5.41) is 0.657. The molecule has 1 heterocycles. The first kappa shape index (κ1) is 26.7. The van der Waals surface area contributed by atoms with Gasteiger partial charge in [0.05, 0.1) is 19.1 Å². The Balaban J connectivity index is 1.33. The summed E-state index contributed by atoms with van der Waals surface area (Å²) < 4.78 is 10.8. The zero-order valence-corrected chi connectivity index (χ0v) is 23.8. The lowest BCUT2D eigenvalue weighted by Crippen LogP contribution is -2.41. The van der Waals surface area contributed by atoms with Crippen LogP contribution in [0.3, 0.4) is 0 Å². The normalized spacial score (nSPS) is 20.2. The van der Waals surface area contributed by atoms with E-state index < -0.39 is 0 Å². The fourth-order valence-electron chi connectivity index (χ4n) is 6.30. The smallest absolute Gasteiger partial charge is 0.273 e. The number of carbonyl (C=O) groups is 1. The molecule has 202 valence electrons. The molecule has 1 aromatic heterocycles. The number of aryl methyl sites for hydroxylation is 1. The summed E-state index contributed by atoms with van der Waals surface area (Å²) in [7, 11) is 3.38. The average Bonchev–Trinajstić information content (AvgIpc) is 3.46. The Morgan fingerprint density at radius 1 is 0.974 bits per heavy atom. The fraction of sp³-hybridized carbons (Fsp3) is 0.500. The molecule has 2 aliphatic carbocycles. The van der Waals surface area contributed by atoms with Crippen LogP contribution in [0.5, 0.6) is 10.9 Å². The Kier molecular flexibility index (Phi) is 8.68. The van der Waals surface area contributed by atoms with Crippen molar-refractivity contribution in [3.63, 3.8) is 0 Å². The predicted octanol–water partition coefficient (Wildman–Crippen LogP) is 8.02. The third-order valence-corrected chi connectivity index (χ3v) is 9.51. The number of anilines is 1. The molecular formula is C32H40N2O3S. The molecule has 0 unspecified atom stereocenters. The monoisotopic (exact) mass is 532 g/mol. The quantitative estimate of drug-likeness (QED) is 0.295. The lowest BCUT2D eigenvalue weighted by atomic mass is 9.78. The minimum absolute atomic E-state index is 0.148. The standard InChI is InChI=1S/C32H40N2O3S/c1-22-18-26(16-17-29(22)36-2)24-14-12-23(13-15-24)21-34(31(35)25-8-5-4-6-9-25)28-11-7-10-27(19-28)30-20-33-32(37-3)38-30/h7,10-11,16-20,23-25H,4-6,8-9,12-15,21H2,1-3H3. The number of methoxy groups -OCH3 is 2. The number of rotatable bonds is 8. The number of benzene rings is 2. The lowest BCUT2D eigenvalue weighted by molar-refractivity contribution is -0.123. The van der Waals surface area contributed by atoms with Gasteiger partial charge in [-0.2, -0.15) is 0 Å². The van der Waals surface area contributed by atoms with Crippen LogP contribution in [0.15, 0.2) is 48.7 Å². The van der Waals surface area contributed by atoms with Crippen molar-refractivity contribution in [2.45, 2.75) is 70.6 Å². The van der Waals surface area contributed by atoms with Gasteiger partial charge in [-0.15, -0.1) is 0 Å². The van der Waals surface area contributed by atoms with E-state index in [0.29, 0.717) is 22.9 Å². The lowest BCUT2D eigenvalue weighted by Gasteiger charge is -2.35. The van der Waals surface area contributed by atoms with Crippen LogP contribution in [0.1, 0.15) is 74.8 Å². The highest BCUT2D eigenvalue weighted by atomic mass is 32.1. The molecule has 2 aromatic carbocycles. The van der Waals surface area contributed by atoms with Crippen LogP contribution in [-0.4, -0.2) is 31.7 Å². The van der Waals surface area contributed by atoms with Crippen LogP contribution in [0.2, 0.25) is 0 Å². The second-order valence-electron chi connectivity index (χ2n) is 11.0. The summed E-state index contributed by atoms with van der Waals surface area (Å²) in [5.41, 5.74) is 4.72. The van der Waals surface area contributed by atoms with Crippen LogP contribution in [-0.2, 0) is 4.79 Å². The summed E-state index contributed by atoms with van der Waals surface area (Å²) in [4.78, 5) is 21.5. The number of carbonyl (C=O) groups excluding carboxylic acids is 1. The minimum Gasteiger partial charge on any atom is -0.496 e. The number of amides is 1. The van der Waals surface area contributed by atoms with Crippen LogP contribution in [0.4, 0.5) is 5.69 Å². The Bertz CT molecular complexity index is 1220. The third kappa shape index (κ3) is 6.06. The molecule has 6 heteroatoms. The summed E-state index contributed by atoms with van der Waals surface area (Å²) in [6, 6.07) is 15.1. The first-order chi connectivity index (χ1) is 18.6. The van der Waals surface area contributed by atoms with Gasteiger partial charge in [0.25, 0.3) is 5.19 Å². The van der Waals surface area contributed by atoms with E-state index in [9.17, 15) is 4.79 Å². The van der Waals surface area contributed by atoms with Gasteiger partial charge in [-0.05, 0) is 92.2 Å². The van der Waals surface area contributed by atoms with E-state index in [4.69, 9.17) is 9.47 Å². The molecule has 0 radical (unpaired) electrons. The van der Waals surface area contributed by atoms with E-state index in [2.05, 4.69) is 59.3 Å². The number of thiazole rings is 1. The molecule has 1 amide bonds. The molecule has 0 bridgehead atoms. The van der Waals surface area contributed by atoms with Crippen LogP contribution < -0.4 is 14.4 Å². The molecule has 5 nitrogen and oxygen atoms in total.